The van der Waals surface area contributed by atoms with Gasteiger partial charge in [0.15, 0.2) is 0 Å². The molecule has 1 aromatic rings. The zero-order chi connectivity index (χ0) is 15.2. The first-order chi connectivity index (χ1) is 9.31. The molecule has 4 nitrogen and oxygen atoms in total. The Labute approximate surface area is 122 Å². The molecule has 1 aromatic carbocycles. The fourth-order valence-corrected chi connectivity index (χ4v) is 1.83. The molecular weight excluding hydrogens is 250 g/mol. The van der Waals surface area contributed by atoms with E-state index in [0.29, 0.717) is 6.54 Å². The molecule has 0 fully saturated rings. The maximum atomic E-state index is 11.8. The van der Waals surface area contributed by atoms with Gasteiger partial charge in [0, 0.05) is 18.3 Å². The van der Waals surface area contributed by atoms with E-state index in [1.165, 1.54) is 5.56 Å². The molecular formula is C16H27N3O. The molecule has 20 heavy (non-hydrogen) atoms. The van der Waals surface area contributed by atoms with E-state index in [-0.39, 0.29) is 17.5 Å². The van der Waals surface area contributed by atoms with Gasteiger partial charge < -0.3 is 16.0 Å². The van der Waals surface area contributed by atoms with Crippen molar-refractivity contribution >= 4 is 11.7 Å². The van der Waals surface area contributed by atoms with Gasteiger partial charge in [-0.25, -0.2) is 4.79 Å². The Morgan fingerprint density at radius 1 is 1.30 bits per heavy atom. The summed E-state index contributed by atoms with van der Waals surface area (Å²) in [6.45, 7) is 12.0. The lowest BCUT2D eigenvalue weighted by Gasteiger charge is -2.19. The zero-order valence-corrected chi connectivity index (χ0v) is 13.2. The number of benzene rings is 1. The van der Waals surface area contributed by atoms with Crippen molar-refractivity contribution in [3.05, 3.63) is 29.8 Å². The second-order valence-corrected chi connectivity index (χ2v) is 6.27. The molecule has 0 aliphatic rings. The summed E-state index contributed by atoms with van der Waals surface area (Å²) >= 11 is 0. The van der Waals surface area contributed by atoms with Gasteiger partial charge >= 0.3 is 6.03 Å². The average Bonchev–Trinajstić information content (AvgIpc) is 2.36. The van der Waals surface area contributed by atoms with Crippen LogP contribution in [0.2, 0.25) is 0 Å². The Bertz CT molecular complexity index is 438. The van der Waals surface area contributed by atoms with Crippen LogP contribution >= 0.6 is 0 Å². The molecule has 2 amide bonds. The van der Waals surface area contributed by atoms with Gasteiger partial charge in [0.05, 0.1) is 0 Å². The molecule has 0 aromatic heterocycles. The summed E-state index contributed by atoms with van der Waals surface area (Å²) in [5.41, 5.74) is 2.07. The van der Waals surface area contributed by atoms with Crippen LogP contribution in [0, 0.1) is 5.41 Å². The van der Waals surface area contributed by atoms with Gasteiger partial charge in [0.1, 0.15) is 0 Å². The molecule has 1 atom stereocenters. The van der Waals surface area contributed by atoms with Crippen molar-refractivity contribution in [2.45, 2.75) is 40.7 Å². The molecule has 4 heteroatoms. The number of anilines is 1. The fourth-order valence-electron chi connectivity index (χ4n) is 1.83. The Morgan fingerprint density at radius 3 is 2.60 bits per heavy atom. The lowest BCUT2D eigenvalue weighted by Crippen LogP contribution is -2.35. The monoisotopic (exact) mass is 277 g/mol. The number of urea groups is 1. The van der Waals surface area contributed by atoms with Crippen LogP contribution in [-0.4, -0.2) is 19.1 Å². The number of hydrogen-bond donors (Lipinski definition) is 3. The molecule has 3 N–H and O–H groups in total. The largest absolute Gasteiger partial charge is 0.337 e. The number of hydrogen-bond acceptors (Lipinski definition) is 2. The van der Waals surface area contributed by atoms with Crippen molar-refractivity contribution in [3.63, 3.8) is 0 Å². The van der Waals surface area contributed by atoms with E-state index in [9.17, 15) is 4.79 Å². The fraction of sp³-hybridized carbons (Fsp3) is 0.562. The van der Waals surface area contributed by atoms with Crippen molar-refractivity contribution in [1.29, 1.82) is 0 Å². The third kappa shape index (κ3) is 6.06. The topological polar surface area (TPSA) is 53.2 Å². The summed E-state index contributed by atoms with van der Waals surface area (Å²) < 4.78 is 0. The Hall–Kier alpha value is -1.55. The van der Waals surface area contributed by atoms with Crippen LogP contribution in [0.4, 0.5) is 10.5 Å². The number of nitrogens with one attached hydrogen (secondary N) is 3. The lowest BCUT2D eigenvalue weighted by atomic mass is 9.97. The van der Waals surface area contributed by atoms with Gasteiger partial charge in [-0.3, -0.25) is 0 Å². The summed E-state index contributed by atoms with van der Waals surface area (Å²) in [5.74, 6) is 0. The highest BCUT2D eigenvalue weighted by molar-refractivity contribution is 5.89. The minimum absolute atomic E-state index is 0.0821. The first-order valence-corrected chi connectivity index (χ1v) is 7.20. The molecule has 0 radical (unpaired) electrons. The Kier molecular flexibility index (Phi) is 6.02. The molecule has 1 rings (SSSR count). The van der Waals surface area contributed by atoms with Crippen molar-refractivity contribution < 1.29 is 4.79 Å². The van der Waals surface area contributed by atoms with E-state index in [2.05, 4.69) is 56.6 Å². The van der Waals surface area contributed by atoms with Gasteiger partial charge in [-0.1, -0.05) is 39.8 Å². The summed E-state index contributed by atoms with van der Waals surface area (Å²) in [4.78, 5) is 11.8. The van der Waals surface area contributed by atoms with Gasteiger partial charge in [-0.15, -0.1) is 0 Å². The SMILES string of the molecule is CCNC(C)c1cccc(NC(=O)NCC(C)(C)C)c1. The van der Waals surface area contributed by atoms with Crippen molar-refractivity contribution in [1.82, 2.24) is 10.6 Å². The second kappa shape index (κ2) is 7.29. The van der Waals surface area contributed by atoms with E-state index in [1.54, 1.807) is 0 Å². The number of rotatable bonds is 5. The lowest BCUT2D eigenvalue weighted by molar-refractivity contribution is 0.247. The van der Waals surface area contributed by atoms with Gasteiger partial charge in [0.25, 0.3) is 0 Å². The second-order valence-electron chi connectivity index (χ2n) is 6.27. The predicted molar refractivity (Wildman–Crippen MR) is 85.0 cm³/mol. The third-order valence-corrected chi connectivity index (χ3v) is 2.93. The molecule has 0 saturated heterocycles. The van der Waals surface area contributed by atoms with Gasteiger partial charge in [-0.2, -0.15) is 0 Å². The number of carbonyl (C=O) groups is 1. The molecule has 0 bridgehead atoms. The quantitative estimate of drug-likeness (QED) is 0.771. The molecule has 112 valence electrons. The van der Waals surface area contributed by atoms with E-state index < -0.39 is 0 Å². The highest BCUT2D eigenvalue weighted by Crippen LogP contribution is 2.17. The molecule has 0 heterocycles. The van der Waals surface area contributed by atoms with Crippen LogP contribution in [0.25, 0.3) is 0 Å². The summed E-state index contributed by atoms with van der Waals surface area (Å²) in [6, 6.07) is 8.05. The zero-order valence-electron chi connectivity index (χ0n) is 13.2. The smallest absolute Gasteiger partial charge is 0.319 e. The van der Waals surface area contributed by atoms with E-state index in [0.717, 1.165) is 12.2 Å². The third-order valence-electron chi connectivity index (χ3n) is 2.93. The molecule has 0 spiro atoms. The minimum atomic E-state index is -0.159. The first-order valence-electron chi connectivity index (χ1n) is 7.20. The van der Waals surface area contributed by atoms with E-state index in [4.69, 9.17) is 0 Å². The van der Waals surface area contributed by atoms with Gasteiger partial charge in [-0.05, 0) is 36.6 Å². The maximum Gasteiger partial charge on any atom is 0.319 e. The minimum Gasteiger partial charge on any atom is -0.337 e. The standard InChI is InChI=1S/C16H27N3O/c1-6-17-12(2)13-8-7-9-14(10-13)19-15(20)18-11-16(3,4)5/h7-10,12,17H,6,11H2,1-5H3,(H2,18,19,20). The number of amides is 2. The van der Waals surface area contributed by atoms with Crippen LogP contribution in [0.3, 0.4) is 0 Å². The first kappa shape index (κ1) is 16.5. The molecule has 1 unspecified atom stereocenters. The van der Waals surface area contributed by atoms with Gasteiger partial charge in [0.2, 0.25) is 0 Å². The molecule has 0 aliphatic carbocycles. The number of carbonyl (C=O) groups excluding carboxylic acids is 1. The van der Waals surface area contributed by atoms with Crippen LogP contribution in [0.1, 0.15) is 46.2 Å². The highest BCUT2D eigenvalue weighted by Gasteiger charge is 2.12. The molecule has 0 saturated carbocycles. The normalized spacial score (nSPS) is 12.8. The molecule has 0 aliphatic heterocycles. The average molecular weight is 277 g/mol. The Morgan fingerprint density at radius 2 is 2.00 bits per heavy atom. The van der Waals surface area contributed by atoms with Crippen molar-refractivity contribution in [2.24, 2.45) is 5.41 Å². The van der Waals surface area contributed by atoms with Crippen LogP contribution in [0.15, 0.2) is 24.3 Å². The summed E-state index contributed by atoms with van der Waals surface area (Å²) in [7, 11) is 0. The van der Waals surface area contributed by atoms with Crippen LogP contribution in [0.5, 0.6) is 0 Å². The van der Waals surface area contributed by atoms with E-state index >= 15 is 0 Å². The van der Waals surface area contributed by atoms with Crippen molar-refractivity contribution in [2.75, 3.05) is 18.4 Å². The Balaban J connectivity index is 2.59. The summed E-state index contributed by atoms with van der Waals surface area (Å²) in [6.07, 6.45) is 0. The van der Waals surface area contributed by atoms with Crippen molar-refractivity contribution in [3.8, 4) is 0 Å². The highest BCUT2D eigenvalue weighted by atomic mass is 16.2. The maximum absolute atomic E-state index is 11.8. The van der Waals surface area contributed by atoms with Crippen LogP contribution < -0.4 is 16.0 Å². The summed E-state index contributed by atoms with van der Waals surface area (Å²) in [5, 5.41) is 9.11. The van der Waals surface area contributed by atoms with E-state index in [1.807, 2.05) is 18.2 Å². The van der Waals surface area contributed by atoms with Crippen LogP contribution in [-0.2, 0) is 0 Å². The predicted octanol–water partition coefficient (Wildman–Crippen LogP) is 3.52.